The monoisotopic (exact) mass is 252 g/mol. The smallest absolute Gasteiger partial charge is 0.255 e. The highest BCUT2D eigenvalue weighted by Crippen LogP contribution is 2.19. The number of nitrogens with one attached hydrogen (secondary N) is 1. The second-order valence-electron chi connectivity index (χ2n) is 3.48. The highest BCUT2D eigenvalue weighted by atomic mass is 32.1. The third-order valence-electron chi connectivity index (χ3n) is 2.25. The molecule has 6 heteroatoms. The van der Waals surface area contributed by atoms with Crippen LogP contribution < -0.4 is 5.32 Å². The summed E-state index contributed by atoms with van der Waals surface area (Å²) < 4.78 is 5.26. The van der Waals surface area contributed by atoms with Gasteiger partial charge in [-0.1, -0.05) is 23.2 Å². The maximum atomic E-state index is 11.7. The van der Waals surface area contributed by atoms with Crippen molar-refractivity contribution < 1.29 is 14.6 Å². The van der Waals surface area contributed by atoms with Gasteiger partial charge in [-0.15, -0.1) is 0 Å². The number of aliphatic hydroxyl groups is 1. The number of carbonyl (C=O) groups excluding carboxylic acids is 1. The molecule has 2 heterocycles. The summed E-state index contributed by atoms with van der Waals surface area (Å²) in [5.74, 6) is 5.10. The number of hydrogen-bond acceptors (Lipinski definition) is 5. The minimum atomic E-state index is -0.356. The molecule has 0 radical (unpaired) electrons. The number of nitrogens with zero attached hydrogens (tertiary/aromatic N) is 1. The van der Waals surface area contributed by atoms with E-state index < -0.39 is 0 Å². The molecule has 2 N–H and O–H groups in total. The second-order valence-corrected chi connectivity index (χ2v) is 4.51. The average molecular weight is 252 g/mol. The lowest BCUT2D eigenvalue weighted by Crippen LogP contribution is -2.26. The molecule has 17 heavy (non-hydrogen) atoms. The van der Waals surface area contributed by atoms with Gasteiger partial charge in [-0.3, -0.25) is 10.1 Å². The number of amides is 1. The van der Waals surface area contributed by atoms with E-state index in [-0.39, 0.29) is 18.6 Å². The van der Waals surface area contributed by atoms with Crippen molar-refractivity contribution in [2.45, 2.75) is 18.9 Å². The largest absolute Gasteiger partial charge is 0.384 e. The fourth-order valence-electron chi connectivity index (χ4n) is 1.49. The van der Waals surface area contributed by atoms with E-state index in [1.165, 1.54) is 11.3 Å². The number of aromatic nitrogens is 1. The molecule has 1 atom stereocenters. The molecule has 5 nitrogen and oxygen atoms in total. The minimum Gasteiger partial charge on any atom is -0.384 e. The van der Waals surface area contributed by atoms with Crippen molar-refractivity contribution in [3.63, 3.8) is 0 Å². The topological polar surface area (TPSA) is 71.5 Å². The molecule has 1 aliphatic rings. The normalized spacial score (nSPS) is 18.5. The van der Waals surface area contributed by atoms with E-state index in [1.54, 1.807) is 6.20 Å². The molecule has 0 saturated carbocycles. The molecule has 1 aromatic heterocycles. The van der Waals surface area contributed by atoms with Gasteiger partial charge in [0.2, 0.25) is 0 Å². The number of ether oxygens (including phenoxy) is 1. The maximum absolute atomic E-state index is 11.7. The van der Waals surface area contributed by atoms with Gasteiger partial charge in [0.1, 0.15) is 12.7 Å². The van der Waals surface area contributed by atoms with Gasteiger partial charge in [0, 0.05) is 6.61 Å². The number of hydrogen-bond donors (Lipinski definition) is 2. The summed E-state index contributed by atoms with van der Waals surface area (Å²) in [5.41, 5.74) is 0. The summed E-state index contributed by atoms with van der Waals surface area (Å²) in [6.07, 6.45) is 2.89. The molecule has 2 rings (SSSR count). The first-order chi connectivity index (χ1) is 8.29. The van der Waals surface area contributed by atoms with E-state index >= 15 is 0 Å². The van der Waals surface area contributed by atoms with Crippen LogP contribution in [0.1, 0.15) is 17.7 Å². The zero-order valence-corrected chi connectivity index (χ0v) is 9.92. The molecule has 0 spiro atoms. The summed E-state index contributed by atoms with van der Waals surface area (Å²) in [6, 6.07) is 0. The van der Waals surface area contributed by atoms with Crippen LogP contribution in [0.4, 0.5) is 5.13 Å². The van der Waals surface area contributed by atoms with Gasteiger partial charge in [0.15, 0.2) is 5.13 Å². The van der Waals surface area contributed by atoms with Crippen LogP contribution >= 0.6 is 11.3 Å². The maximum Gasteiger partial charge on any atom is 0.255 e. The molecule has 0 aliphatic carbocycles. The molecule has 0 bridgehead atoms. The minimum absolute atomic E-state index is 0.154. The van der Waals surface area contributed by atoms with Gasteiger partial charge in [0.25, 0.3) is 5.91 Å². The van der Waals surface area contributed by atoms with Crippen molar-refractivity contribution >= 4 is 22.4 Å². The molecule has 1 unspecified atom stereocenters. The van der Waals surface area contributed by atoms with Crippen molar-refractivity contribution in [1.82, 2.24) is 4.98 Å². The molecular weight excluding hydrogens is 240 g/mol. The second kappa shape index (κ2) is 5.77. The molecule has 1 aromatic rings. The van der Waals surface area contributed by atoms with Crippen molar-refractivity contribution in [1.29, 1.82) is 0 Å². The Bertz CT molecular complexity index is 455. The van der Waals surface area contributed by atoms with Crippen molar-refractivity contribution in [2.24, 2.45) is 0 Å². The van der Waals surface area contributed by atoms with Crippen molar-refractivity contribution in [3.8, 4) is 11.8 Å². The van der Waals surface area contributed by atoms with Crippen LogP contribution in [0.25, 0.3) is 0 Å². The number of aliphatic hydroxyl groups excluding tert-OH is 1. The summed E-state index contributed by atoms with van der Waals surface area (Å²) in [7, 11) is 0. The predicted molar refractivity (Wildman–Crippen MR) is 63.7 cm³/mol. The van der Waals surface area contributed by atoms with Gasteiger partial charge in [0.05, 0.1) is 11.1 Å². The highest BCUT2D eigenvalue weighted by Gasteiger charge is 2.24. The Labute approximate surface area is 103 Å². The van der Waals surface area contributed by atoms with Gasteiger partial charge >= 0.3 is 0 Å². The lowest BCUT2D eigenvalue weighted by atomic mass is 10.2. The number of rotatable bonds is 2. The number of carbonyl (C=O) groups is 1. The van der Waals surface area contributed by atoms with Gasteiger partial charge in [-0.05, 0) is 12.8 Å². The Morgan fingerprint density at radius 1 is 1.76 bits per heavy atom. The Balaban J connectivity index is 1.94. The number of anilines is 1. The average Bonchev–Trinajstić information content (AvgIpc) is 2.97. The highest BCUT2D eigenvalue weighted by molar-refractivity contribution is 7.16. The lowest BCUT2D eigenvalue weighted by molar-refractivity contribution is -0.124. The Morgan fingerprint density at radius 2 is 2.65 bits per heavy atom. The first kappa shape index (κ1) is 12.0. The van der Waals surface area contributed by atoms with Crippen LogP contribution in [0.2, 0.25) is 0 Å². The van der Waals surface area contributed by atoms with Crippen LogP contribution in [0.15, 0.2) is 6.20 Å². The summed E-state index contributed by atoms with van der Waals surface area (Å²) in [4.78, 5) is 16.4. The first-order valence-corrected chi connectivity index (χ1v) is 6.09. The van der Waals surface area contributed by atoms with E-state index in [2.05, 4.69) is 22.1 Å². The third kappa shape index (κ3) is 3.27. The molecule has 1 saturated heterocycles. The van der Waals surface area contributed by atoms with Crippen LogP contribution in [0, 0.1) is 11.8 Å². The zero-order chi connectivity index (χ0) is 12.1. The lowest BCUT2D eigenvalue weighted by Gasteiger charge is -2.07. The van der Waals surface area contributed by atoms with E-state index in [9.17, 15) is 4.79 Å². The molecule has 0 aromatic carbocycles. The fourth-order valence-corrected chi connectivity index (χ4v) is 2.18. The van der Waals surface area contributed by atoms with Crippen molar-refractivity contribution in [2.75, 3.05) is 18.5 Å². The van der Waals surface area contributed by atoms with E-state index in [0.29, 0.717) is 16.6 Å². The van der Waals surface area contributed by atoms with Gasteiger partial charge in [-0.25, -0.2) is 4.98 Å². The van der Waals surface area contributed by atoms with Crippen LogP contribution in [-0.4, -0.2) is 35.3 Å². The van der Waals surface area contributed by atoms with Crippen molar-refractivity contribution in [3.05, 3.63) is 11.1 Å². The van der Waals surface area contributed by atoms with Gasteiger partial charge in [-0.2, -0.15) is 0 Å². The predicted octanol–water partition coefficient (Wildman–Crippen LogP) is 0.604. The molecule has 1 amide bonds. The van der Waals surface area contributed by atoms with E-state index in [0.717, 1.165) is 12.8 Å². The Kier molecular flexibility index (Phi) is 4.09. The summed E-state index contributed by atoms with van der Waals surface area (Å²) in [5, 5.41) is 11.7. The molecule has 1 aliphatic heterocycles. The third-order valence-corrected chi connectivity index (χ3v) is 3.08. The van der Waals surface area contributed by atoms with E-state index in [1.807, 2.05) is 0 Å². The van der Waals surface area contributed by atoms with Crippen LogP contribution in [0.3, 0.4) is 0 Å². The fraction of sp³-hybridized carbons (Fsp3) is 0.455. The van der Waals surface area contributed by atoms with Crippen LogP contribution in [0.5, 0.6) is 0 Å². The standard InChI is InChI=1S/C11H12N2O3S/c14-5-1-3-8-7-12-11(17-8)13-10(15)9-4-2-6-16-9/h7,9,14H,2,4-6H2,(H,12,13,15). The van der Waals surface area contributed by atoms with Crippen LogP contribution in [-0.2, 0) is 9.53 Å². The quantitative estimate of drug-likeness (QED) is 0.756. The summed E-state index contributed by atoms with van der Waals surface area (Å²) in [6.45, 7) is 0.457. The summed E-state index contributed by atoms with van der Waals surface area (Å²) >= 11 is 1.28. The number of thiazole rings is 1. The first-order valence-electron chi connectivity index (χ1n) is 5.27. The Morgan fingerprint density at radius 3 is 3.35 bits per heavy atom. The van der Waals surface area contributed by atoms with E-state index in [4.69, 9.17) is 9.84 Å². The Hall–Kier alpha value is -1.42. The SMILES string of the molecule is O=C(Nc1ncc(C#CCO)s1)C1CCCO1. The zero-order valence-electron chi connectivity index (χ0n) is 9.10. The molecular formula is C11H12N2O3S. The molecule has 90 valence electrons. The molecule has 1 fully saturated rings. The van der Waals surface area contributed by atoms with Gasteiger partial charge < -0.3 is 9.84 Å².